The number of hydrogen-bond acceptors (Lipinski definition) is 2. The van der Waals surface area contributed by atoms with Crippen molar-refractivity contribution in [2.45, 2.75) is 33.3 Å². The number of hydrogen-bond donors (Lipinski definition) is 0. The van der Waals surface area contributed by atoms with Crippen LogP contribution in [0, 0.1) is 5.92 Å². The molecule has 0 aliphatic carbocycles. The quantitative estimate of drug-likeness (QED) is 0.524. The smallest absolute Gasteiger partial charge is 0.330 e. The Labute approximate surface area is 91.3 Å². The van der Waals surface area contributed by atoms with E-state index in [-0.39, 0.29) is 18.0 Å². The van der Waals surface area contributed by atoms with Gasteiger partial charge in [-0.05, 0) is 13.8 Å². The van der Waals surface area contributed by atoms with E-state index >= 15 is 0 Å². The van der Waals surface area contributed by atoms with Gasteiger partial charge >= 0.3 is 5.97 Å². The number of rotatable bonds is 3. The van der Waals surface area contributed by atoms with Gasteiger partial charge in [-0.25, -0.2) is 4.79 Å². The standard InChI is InChI=1S/C13H18O2/c1-4-6-10(2)9-11(3)12-7-5-8-13(14)15-12/h4-6,8-9,11-12H,7H2,1-3H3/t11-,12-/m0/s1. The molecule has 0 aromatic rings. The van der Waals surface area contributed by atoms with Gasteiger partial charge in [0.2, 0.25) is 0 Å². The van der Waals surface area contributed by atoms with Crippen molar-refractivity contribution in [3.05, 3.63) is 36.0 Å². The van der Waals surface area contributed by atoms with Crippen molar-refractivity contribution in [1.29, 1.82) is 0 Å². The minimum absolute atomic E-state index is 0.0114. The van der Waals surface area contributed by atoms with Crippen molar-refractivity contribution < 1.29 is 9.53 Å². The highest BCUT2D eigenvalue weighted by atomic mass is 16.5. The van der Waals surface area contributed by atoms with Crippen LogP contribution in [0.5, 0.6) is 0 Å². The van der Waals surface area contributed by atoms with Crippen LogP contribution in [0.2, 0.25) is 0 Å². The summed E-state index contributed by atoms with van der Waals surface area (Å²) in [6.07, 6.45) is 10.4. The van der Waals surface area contributed by atoms with E-state index in [2.05, 4.69) is 26.0 Å². The van der Waals surface area contributed by atoms with Crippen molar-refractivity contribution in [3.63, 3.8) is 0 Å². The molecule has 0 fully saturated rings. The first-order valence-electron chi connectivity index (χ1n) is 5.31. The SMILES string of the molecule is CC=CC(C)=C[C@H](C)[C@@H]1CC=CC(=O)O1. The molecule has 1 heterocycles. The van der Waals surface area contributed by atoms with Crippen LogP contribution in [-0.2, 0) is 9.53 Å². The number of ether oxygens (including phenoxy) is 1. The molecule has 0 spiro atoms. The Kier molecular flexibility index (Phi) is 4.35. The lowest BCUT2D eigenvalue weighted by Gasteiger charge is -2.23. The van der Waals surface area contributed by atoms with Crippen molar-refractivity contribution in [1.82, 2.24) is 0 Å². The van der Waals surface area contributed by atoms with Gasteiger partial charge in [0.1, 0.15) is 6.10 Å². The van der Waals surface area contributed by atoms with E-state index in [1.54, 1.807) is 0 Å². The predicted molar refractivity (Wildman–Crippen MR) is 61.4 cm³/mol. The van der Waals surface area contributed by atoms with E-state index in [4.69, 9.17) is 4.74 Å². The van der Waals surface area contributed by atoms with E-state index in [1.165, 1.54) is 11.6 Å². The number of carbonyl (C=O) groups is 1. The highest BCUT2D eigenvalue weighted by molar-refractivity contribution is 5.82. The van der Waals surface area contributed by atoms with Crippen LogP contribution < -0.4 is 0 Å². The zero-order valence-electron chi connectivity index (χ0n) is 9.57. The third kappa shape index (κ3) is 3.74. The predicted octanol–water partition coefficient (Wildman–Crippen LogP) is 3.02. The van der Waals surface area contributed by atoms with Crippen molar-refractivity contribution in [2.24, 2.45) is 5.92 Å². The Morgan fingerprint density at radius 1 is 1.67 bits per heavy atom. The molecule has 0 aromatic heterocycles. The van der Waals surface area contributed by atoms with Crippen LogP contribution in [0.4, 0.5) is 0 Å². The van der Waals surface area contributed by atoms with E-state index in [0.717, 1.165) is 6.42 Å². The minimum Gasteiger partial charge on any atom is -0.458 e. The molecule has 1 rings (SSSR count). The second-order valence-electron chi connectivity index (χ2n) is 3.88. The molecular weight excluding hydrogens is 188 g/mol. The first kappa shape index (κ1) is 11.8. The first-order valence-corrected chi connectivity index (χ1v) is 5.31. The van der Waals surface area contributed by atoms with E-state index in [1.807, 2.05) is 19.1 Å². The van der Waals surface area contributed by atoms with E-state index in [0.29, 0.717) is 0 Å². The molecule has 15 heavy (non-hydrogen) atoms. The van der Waals surface area contributed by atoms with Crippen molar-refractivity contribution in [3.8, 4) is 0 Å². The van der Waals surface area contributed by atoms with Gasteiger partial charge in [0, 0.05) is 18.4 Å². The molecule has 0 radical (unpaired) electrons. The molecule has 0 aromatic carbocycles. The van der Waals surface area contributed by atoms with Crippen molar-refractivity contribution in [2.75, 3.05) is 0 Å². The second-order valence-corrected chi connectivity index (χ2v) is 3.88. The van der Waals surface area contributed by atoms with Crippen LogP contribution in [0.3, 0.4) is 0 Å². The topological polar surface area (TPSA) is 26.3 Å². The van der Waals surface area contributed by atoms with Gasteiger partial charge in [-0.15, -0.1) is 0 Å². The number of esters is 1. The molecule has 1 aliphatic rings. The molecule has 2 heteroatoms. The molecule has 1 aliphatic heterocycles. The molecule has 2 nitrogen and oxygen atoms in total. The zero-order valence-corrected chi connectivity index (χ0v) is 9.57. The van der Waals surface area contributed by atoms with Crippen molar-refractivity contribution >= 4 is 5.97 Å². The summed E-state index contributed by atoms with van der Waals surface area (Å²) in [4.78, 5) is 11.0. The summed E-state index contributed by atoms with van der Waals surface area (Å²) < 4.78 is 5.23. The zero-order chi connectivity index (χ0) is 11.3. The molecule has 2 atom stereocenters. The molecule has 0 bridgehead atoms. The molecule has 0 N–H and O–H groups in total. The third-order valence-corrected chi connectivity index (χ3v) is 2.43. The molecule has 82 valence electrons. The van der Waals surface area contributed by atoms with E-state index < -0.39 is 0 Å². The summed E-state index contributed by atoms with van der Waals surface area (Å²) in [5.41, 5.74) is 1.20. The lowest BCUT2D eigenvalue weighted by Crippen LogP contribution is -2.25. The summed E-state index contributed by atoms with van der Waals surface area (Å²) in [6, 6.07) is 0. The molecule has 0 unspecified atom stereocenters. The van der Waals surface area contributed by atoms with Gasteiger partial charge in [0.15, 0.2) is 0 Å². The fourth-order valence-electron chi connectivity index (χ4n) is 1.70. The lowest BCUT2D eigenvalue weighted by atomic mass is 9.97. The largest absolute Gasteiger partial charge is 0.458 e. The maximum absolute atomic E-state index is 11.0. The molecule has 0 saturated carbocycles. The van der Waals surface area contributed by atoms with Gasteiger partial charge in [-0.1, -0.05) is 36.8 Å². The number of allylic oxidation sites excluding steroid dienone is 3. The van der Waals surface area contributed by atoms with Crippen LogP contribution >= 0.6 is 0 Å². The Morgan fingerprint density at radius 2 is 2.40 bits per heavy atom. The summed E-state index contributed by atoms with van der Waals surface area (Å²) in [6.45, 7) is 6.12. The van der Waals surface area contributed by atoms with E-state index in [9.17, 15) is 4.79 Å². The van der Waals surface area contributed by atoms with Gasteiger partial charge in [-0.3, -0.25) is 0 Å². The highest BCUT2D eigenvalue weighted by Crippen LogP contribution is 2.19. The third-order valence-electron chi connectivity index (χ3n) is 2.43. The fraction of sp³-hybridized carbons (Fsp3) is 0.462. The average molecular weight is 206 g/mol. The molecule has 0 saturated heterocycles. The van der Waals surface area contributed by atoms with Crippen LogP contribution in [0.25, 0.3) is 0 Å². The van der Waals surface area contributed by atoms with Gasteiger partial charge in [0.05, 0.1) is 0 Å². The monoisotopic (exact) mass is 206 g/mol. The van der Waals surface area contributed by atoms with Gasteiger partial charge in [0.25, 0.3) is 0 Å². The fourth-order valence-corrected chi connectivity index (χ4v) is 1.70. The highest BCUT2D eigenvalue weighted by Gasteiger charge is 2.20. The first-order chi connectivity index (χ1) is 7.13. The maximum Gasteiger partial charge on any atom is 0.330 e. The maximum atomic E-state index is 11.0. The summed E-state index contributed by atoms with van der Waals surface area (Å²) in [7, 11) is 0. The number of carbonyl (C=O) groups excluding carboxylic acids is 1. The minimum atomic E-state index is -0.227. The van der Waals surface area contributed by atoms with Crippen LogP contribution in [-0.4, -0.2) is 12.1 Å². The normalized spacial score (nSPS) is 24.3. The average Bonchev–Trinajstić information content (AvgIpc) is 2.18. The van der Waals surface area contributed by atoms with Crippen LogP contribution in [0.1, 0.15) is 27.2 Å². The Balaban J connectivity index is 2.61. The Hall–Kier alpha value is -1.31. The second kappa shape index (κ2) is 5.54. The summed E-state index contributed by atoms with van der Waals surface area (Å²) in [5.74, 6) is 0.0327. The van der Waals surface area contributed by atoms with Crippen LogP contribution in [0.15, 0.2) is 36.0 Å². The lowest BCUT2D eigenvalue weighted by molar-refractivity contribution is -0.145. The molecule has 0 amide bonds. The number of cyclic esters (lactones) is 1. The van der Waals surface area contributed by atoms with Gasteiger partial charge < -0.3 is 4.74 Å². The Morgan fingerprint density at radius 3 is 3.00 bits per heavy atom. The summed E-state index contributed by atoms with van der Waals surface area (Å²) >= 11 is 0. The van der Waals surface area contributed by atoms with Gasteiger partial charge in [-0.2, -0.15) is 0 Å². The summed E-state index contributed by atoms with van der Waals surface area (Å²) in [5, 5.41) is 0. The molecular formula is C13H18O2. The Bertz CT molecular complexity index is 310.